The number of hydrogen-bond donors (Lipinski definition) is 1. The van der Waals surface area contributed by atoms with Crippen molar-refractivity contribution >= 4 is 23.3 Å². The number of aryl methyl sites for hydroxylation is 1. The Balaban J connectivity index is 1.73. The number of carbonyl (C=O) groups is 2. The van der Waals surface area contributed by atoms with Crippen molar-refractivity contribution in [1.82, 2.24) is 15.1 Å². The molecule has 3 amide bonds. The molecule has 0 radical (unpaired) electrons. The molecule has 1 aliphatic rings. The molecule has 0 spiro atoms. The van der Waals surface area contributed by atoms with E-state index in [0.29, 0.717) is 26.2 Å². The van der Waals surface area contributed by atoms with Gasteiger partial charge in [0.1, 0.15) is 18.9 Å². The van der Waals surface area contributed by atoms with Crippen LogP contribution in [0.2, 0.25) is 0 Å². The van der Waals surface area contributed by atoms with E-state index >= 15 is 0 Å². The van der Waals surface area contributed by atoms with Gasteiger partial charge in [0, 0.05) is 24.5 Å². The number of para-hydroxylation sites is 1. The molecule has 0 fully saturated rings. The molecule has 1 aliphatic heterocycles. The van der Waals surface area contributed by atoms with E-state index in [1.54, 1.807) is 16.2 Å². The van der Waals surface area contributed by atoms with Crippen LogP contribution in [-0.4, -0.2) is 54.5 Å². The summed E-state index contributed by atoms with van der Waals surface area (Å²) >= 11 is 1.73. The summed E-state index contributed by atoms with van der Waals surface area (Å²) < 4.78 is 6.13. The summed E-state index contributed by atoms with van der Waals surface area (Å²) in [6.45, 7) is 8.13. The van der Waals surface area contributed by atoms with Crippen molar-refractivity contribution < 1.29 is 14.3 Å². The lowest BCUT2D eigenvalue weighted by Crippen LogP contribution is -2.49. The van der Waals surface area contributed by atoms with Crippen LogP contribution >= 0.6 is 11.3 Å². The highest BCUT2D eigenvalue weighted by atomic mass is 32.1. The van der Waals surface area contributed by atoms with Gasteiger partial charge in [-0.3, -0.25) is 4.79 Å². The number of nitrogens with one attached hydrogen (secondary N) is 1. The fraction of sp³-hybridized carbons (Fsp3) is 0.478. The molecule has 2 aromatic rings. The fourth-order valence-corrected chi connectivity index (χ4v) is 4.61. The third kappa shape index (κ3) is 5.14. The molecule has 2 heterocycles. The van der Waals surface area contributed by atoms with E-state index in [9.17, 15) is 9.59 Å². The van der Waals surface area contributed by atoms with Gasteiger partial charge in [-0.2, -0.15) is 0 Å². The molecule has 162 valence electrons. The van der Waals surface area contributed by atoms with E-state index in [0.717, 1.165) is 29.7 Å². The van der Waals surface area contributed by atoms with Crippen LogP contribution in [0.1, 0.15) is 42.3 Å². The van der Waals surface area contributed by atoms with Gasteiger partial charge in [0.05, 0.1) is 6.04 Å². The highest BCUT2D eigenvalue weighted by Gasteiger charge is 2.33. The van der Waals surface area contributed by atoms with Crippen LogP contribution in [0.5, 0.6) is 5.75 Å². The number of amides is 3. The average Bonchev–Trinajstić information content (AvgIpc) is 3.24. The number of ether oxygens (including phenoxy) is 1. The van der Waals surface area contributed by atoms with Crippen molar-refractivity contribution in [3.63, 3.8) is 0 Å². The first-order valence-corrected chi connectivity index (χ1v) is 11.5. The molecular formula is C23H31N3O3S. The lowest BCUT2D eigenvalue weighted by Gasteiger charge is -2.37. The number of benzene rings is 1. The van der Waals surface area contributed by atoms with Crippen LogP contribution < -0.4 is 10.1 Å². The summed E-state index contributed by atoms with van der Waals surface area (Å²) in [6.07, 6.45) is 1.70. The van der Waals surface area contributed by atoms with Crippen molar-refractivity contribution in [2.45, 2.75) is 39.7 Å². The fourth-order valence-electron chi connectivity index (χ4n) is 3.69. The number of fused-ring (bicyclic) bond motifs is 1. The van der Waals surface area contributed by atoms with Gasteiger partial charge in [0.2, 0.25) is 5.91 Å². The van der Waals surface area contributed by atoms with Crippen LogP contribution in [0, 0.1) is 6.92 Å². The second-order valence-corrected chi connectivity index (χ2v) is 8.48. The number of likely N-dealkylation sites (N-methyl/N-ethyl adjacent to an activating group) is 1. The lowest BCUT2D eigenvalue weighted by atomic mass is 10.0. The van der Waals surface area contributed by atoms with Crippen LogP contribution in [-0.2, 0) is 11.2 Å². The normalized spacial score (nSPS) is 15.4. The van der Waals surface area contributed by atoms with Gasteiger partial charge in [0.15, 0.2) is 0 Å². The zero-order valence-corrected chi connectivity index (χ0v) is 18.8. The van der Waals surface area contributed by atoms with Crippen molar-refractivity contribution in [2.75, 3.05) is 32.8 Å². The maximum Gasteiger partial charge on any atom is 0.317 e. The SMILES string of the molecule is CCCNC(=O)N(CC)CC(=O)N1CCc2sccc2C1COc1ccccc1C. The molecule has 0 aliphatic carbocycles. The van der Waals surface area contributed by atoms with Crippen molar-refractivity contribution in [3.05, 3.63) is 51.7 Å². The minimum atomic E-state index is -0.186. The minimum Gasteiger partial charge on any atom is -0.491 e. The summed E-state index contributed by atoms with van der Waals surface area (Å²) in [5, 5.41) is 4.94. The van der Waals surface area contributed by atoms with E-state index in [2.05, 4.69) is 16.8 Å². The number of carbonyl (C=O) groups excluding carboxylic acids is 2. The molecule has 6 nitrogen and oxygen atoms in total. The second kappa shape index (κ2) is 10.5. The van der Waals surface area contributed by atoms with Gasteiger partial charge in [-0.15, -0.1) is 11.3 Å². The first-order valence-electron chi connectivity index (χ1n) is 10.6. The van der Waals surface area contributed by atoms with Gasteiger partial charge in [0.25, 0.3) is 0 Å². The Morgan fingerprint density at radius 2 is 2.07 bits per heavy atom. The monoisotopic (exact) mass is 429 g/mol. The third-order valence-electron chi connectivity index (χ3n) is 5.43. The van der Waals surface area contributed by atoms with Crippen LogP contribution in [0.25, 0.3) is 0 Å². The maximum atomic E-state index is 13.2. The van der Waals surface area contributed by atoms with Gasteiger partial charge >= 0.3 is 6.03 Å². The van der Waals surface area contributed by atoms with Crippen LogP contribution in [0.4, 0.5) is 4.79 Å². The zero-order chi connectivity index (χ0) is 21.5. The third-order valence-corrected chi connectivity index (χ3v) is 6.42. The molecule has 1 aromatic carbocycles. The largest absolute Gasteiger partial charge is 0.491 e. The summed E-state index contributed by atoms with van der Waals surface area (Å²) in [4.78, 5) is 30.3. The number of thiophene rings is 1. The number of urea groups is 1. The van der Waals surface area contributed by atoms with Gasteiger partial charge in [-0.1, -0.05) is 25.1 Å². The van der Waals surface area contributed by atoms with E-state index < -0.39 is 0 Å². The number of nitrogens with zero attached hydrogens (tertiary/aromatic N) is 2. The van der Waals surface area contributed by atoms with Crippen molar-refractivity contribution in [2.24, 2.45) is 0 Å². The molecular weight excluding hydrogens is 398 g/mol. The summed E-state index contributed by atoms with van der Waals surface area (Å²) in [5.41, 5.74) is 2.23. The van der Waals surface area contributed by atoms with E-state index in [1.165, 1.54) is 4.88 Å². The molecule has 1 aromatic heterocycles. The highest BCUT2D eigenvalue weighted by molar-refractivity contribution is 7.10. The lowest BCUT2D eigenvalue weighted by molar-refractivity contribution is -0.135. The number of hydrogen-bond acceptors (Lipinski definition) is 4. The molecule has 1 atom stereocenters. The Labute approximate surface area is 182 Å². The first kappa shape index (κ1) is 22.2. The Hall–Kier alpha value is -2.54. The molecule has 0 saturated carbocycles. The van der Waals surface area contributed by atoms with Gasteiger partial charge in [-0.25, -0.2) is 4.79 Å². The molecule has 0 bridgehead atoms. The number of rotatable bonds is 8. The molecule has 7 heteroatoms. The van der Waals surface area contributed by atoms with Crippen LogP contribution in [0.3, 0.4) is 0 Å². The predicted octanol–water partition coefficient (Wildman–Crippen LogP) is 4.00. The molecule has 1 unspecified atom stereocenters. The molecule has 1 N–H and O–H groups in total. The molecule has 3 rings (SSSR count). The summed E-state index contributed by atoms with van der Waals surface area (Å²) in [6, 6.07) is 9.67. The highest BCUT2D eigenvalue weighted by Crippen LogP contribution is 2.34. The van der Waals surface area contributed by atoms with Crippen molar-refractivity contribution in [3.8, 4) is 5.75 Å². The maximum absolute atomic E-state index is 13.2. The molecule has 30 heavy (non-hydrogen) atoms. The van der Waals surface area contributed by atoms with Crippen molar-refractivity contribution in [1.29, 1.82) is 0 Å². The Bertz CT molecular complexity index is 867. The molecule has 0 saturated heterocycles. The Morgan fingerprint density at radius 1 is 1.27 bits per heavy atom. The van der Waals surface area contributed by atoms with E-state index in [1.807, 2.05) is 49.9 Å². The van der Waals surface area contributed by atoms with Gasteiger partial charge < -0.3 is 19.9 Å². The average molecular weight is 430 g/mol. The minimum absolute atomic E-state index is 0.0428. The van der Waals surface area contributed by atoms with E-state index in [4.69, 9.17) is 4.74 Å². The standard InChI is InChI=1S/C23H31N3O3S/c1-4-12-24-23(28)25(5-2)15-22(27)26-13-10-21-18(11-14-30-21)19(26)16-29-20-9-7-6-8-17(20)3/h6-9,11,14,19H,4-5,10,12-13,15-16H2,1-3H3,(H,24,28). The first-order chi connectivity index (χ1) is 14.5. The van der Waals surface area contributed by atoms with E-state index in [-0.39, 0.29) is 24.5 Å². The topological polar surface area (TPSA) is 61.9 Å². The predicted molar refractivity (Wildman–Crippen MR) is 120 cm³/mol. The Kier molecular flexibility index (Phi) is 7.74. The summed E-state index contributed by atoms with van der Waals surface area (Å²) in [5.74, 6) is 0.792. The summed E-state index contributed by atoms with van der Waals surface area (Å²) in [7, 11) is 0. The smallest absolute Gasteiger partial charge is 0.317 e. The zero-order valence-electron chi connectivity index (χ0n) is 18.0. The quantitative estimate of drug-likeness (QED) is 0.690. The Morgan fingerprint density at radius 3 is 2.80 bits per heavy atom. The second-order valence-electron chi connectivity index (χ2n) is 7.47. The van der Waals surface area contributed by atoms with Gasteiger partial charge in [-0.05, 0) is 55.3 Å². The van der Waals surface area contributed by atoms with Crippen LogP contribution in [0.15, 0.2) is 35.7 Å².